The Balaban J connectivity index is 2.46. The van der Waals surface area contributed by atoms with Gasteiger partial charge in [0.1, 0.15) is 5.75 Å². The average molecular weight is 299 g/mol. The lowest BCUT2D eigenvalue weighted by Gasteiger charge is -2.19. The maximum absolute atomic E-state index is 10.9. The third-order valence-electron chi connectivity index (χ3n) is 3.41. The number of aryl methyl sites for hydroxylation is 1. The van der Waals surface area contributed by atoms with Crippen LogP contribution in [0.3, 0.4) is 0 Å². The molecule has 0 aliphatic heterocycles. The van der Waals surface area contributed by atoms with E-state index in [-0.39, 0.29) is 11.8 Å². The van der Waals surface area contributed by atoms with E-state index in [0.717, 1.165) is 34.2 Å². The predicted octanol–water partition coefficient (Wildman–Crippen LogP) is 3.27. The number of carbonyl (C=O) groups is 1. The molecule has 1 saturated carbocycles. The van der Waals surface area contributed by atoms with E-state index in [1.807, 2.05) is 19.1 Å². The zero-order chi connectivity index (χ0) is 12.6. The SMILES string of the molecule is COc1c(C2(CC(=O)O)CC2)ccc(C)c1Br. The molecule has 0 bridgehead atoms. The molecule has 0 amide bonds. The molecule has 1 aliphatic carbocycles. The highest BCUT2D eigenvalue weighted by Crippen LogP contribution is 2.55. The van der Waals surface area contributed by atoms with Gasteiger partial charge in [-0.25, -0.2) is 0 Å². The molecule has 4 heteroatoms. The molecule has 92 valence electrons. The van der Waals surface area contributed by atoms with Crippen molar-refractivity contribution >= 4 is 21.9 Å². The van der Waals surface area contributed by atoms with Crippen molar-refractivity contribution < 1.29 is 14.6 Å². The summed E-state index contributed by atoms with van der Waals surface area (Å²) in [4.78, 5) is 10.9. The number of ether oxygens (including phenoxy) is 1. The third-order valence-corrected chi connectivity index (χ3v) is 4.39. The monoisotopic (exact) mass is 298 g/mol. The molecule has 17 heavy (non-hydrogen) atoms. The van der Waals surface area contributed by atoms with Crippen LogP contribution in [0.1, 0.15) is 30.4 Å². The smallest absolute Gasteiger partial charge is 0.304 e. The highest BCUT2D eigenvalue weighted by Gasteiger charge is 2.48. The second-order valence-electron chi connectivity index (χ2n) is 4.63. The minimum absolute atomic E-state index is 0.179. The van der Waals surface area contributed by atoms with Crippen molar-refractivity contribution in [1.29, 1.82) is 0 Å². The Morgan fingerprint density at radius 2 is 2.18 bits per heavy atom. The van der Waals surface area contributed by atoms with Gasteiger partial charge < -0.3 is 9.84 Å². The van der Waals surface area contributed by atoms with Crippen LogP contribution in [0.15, 0.2) is 16.6 Å². The molecule has 1 aliphatic rings. The third kappa shape index (κ3) is 2.18. The molecule has 3 nitrogen and oxygen atoms in total. The number of aliphatic carboxylic acids is 1. The van der Waals surface area contributed by atoms with Crippen molar-refractivity contribution in [3.05, 3.63) is 27.7 Å². The summed E-state index contributed by atoms with van der Waals surface area (Å²) in [6.07, 6.45) is 2.02. The molecular formula is C13H15BrO3. The first kappa shape index (κ1) is 12.4. The van der Waals surface area contributed by atoms with Crippen LogP contribution in [-0.4, -0.2) is 18.2 Å². The van der Waals surface area contributed by atoms with Gasteiger partial charge in [0.2, 0.25) is 0 Å². The normalized spacial score (nSPS) is 16.6. The van der Waals surface area contributed by atoms with E-state index < -0.39 is 5.97 Å². The van der Waals surface area contributed by atoms with Gasteiger partial charge in [0, 0.05) is 11.0 Å². The number of benzene rings is 1. The van der Waals surface area contributed by atoms with Crippen molar-refractivity contribution in [3.63, 3.8) is 0 Å². The van der Waals surface area contributed by atoms with Crippen LogP contribution in [-0.2, 0) is 10.2 Å². The van der Waals surface area contributed by atoms with Gasteiger partial charge in [0.15, 0.2) is 0 Å². The van der Waals surface area contributed by atoms with E-state index in [9.17, 15) is 4.79 Å². The van der Waals surface area contributed by atoms with Crippen LogP contribution in [0.5, 0.6) is 5.75 Å². The molecule has 0 heterocycles. The summed E-state index contributed by atoms with van der Waals surface area (Å²) >= 11 is 3.51. The van der Waals surface area contributed by atoms with Gasteiger partial charge in [-0.15, -0.1) is 0 Å². The first-order chi connectivity index (χ1) is 8.00. The van der Waals surface area contributed by atoms with Crippen LogP contribution >= 0.6 is 15.9 Å². The topological polar surface area (TPSA) is 46.5 Å². The van der Waals surface area contributed by atoms with Crippen LogP contribution in [0.4, 0.5) is 0 Å². The Labute approximate surface area is 109 Å². The van der Waals surface area contributed by atoms with Crippen LogP contribution < -0.4 is 4.74 Å². The Morgan fingerprint density at radius 3 is 2.65 bits per heavy atom. The summed E-state index contributed by atoms with van der Waals surface area (Å²) in [6.45, 7) is 1.99. The minimum Gasteiger partial charge on any atom is -0.495 e. The van der Waals surface area contributed by atoms with Crippen molar-refractivity contribution in [2.24, 2.45) is 0 Å². The molecule has 0 spiro atoms. The zero-order valence-electron chi connectivity index (χ0n) is 9.92. The number of hydrogen-bond donors (Lipinski definition) is 1. The van der Waals surface area contributed by atoms with Gasteiger partial charge in [0.05, 0.1) is 18.0 Å². The maximum Gasteiger partial charge on any atom is 0.304 e. The summed E-state index contributed by atoms with van der Waals surface area (Å²) < 4.78 is 6.35. The molecule has 1 aromatic rings. The van der Waals surface area contributed by atoms with E-state index in [1.165, 1.54) is 0 Å². The summed E-state index contributed by atoms with van der Waals surface area (Å²) in [5, 5.41) is 8.99. The Kier molecular flexibility index (Phi) is 3.17. The summed E-state index contributed by atoms with van der Waals surface area (Å²) in [7, 11) is 1.62. The molecule has 1 fully saturated rings. The number of methoxy groups -OCH3 is 1. The molecular weight excluding hydrogens is 284 g/mol. The largest absolute Gasteiger partial charge is 0.495 e. The van der Waals surface area contributed by atoms with Crippen molar-refractivity contribution in [2.45, 2.75) is 31.6 Å². The Bertz CT molecular complexity index is 464. The standard InChI is InChI=1S/C13H15BrO3/c1-8-3-4-9(12(17-2)11(8)14)13(5-6-13)7-10(15)16/h3-4H,5-7H2,1-2H3,(H,15,16). The van der Waals surface area contributed by atoms with Gasteiger partial charge in [-0.05, 0) is 41.3 Å². The lowest BCUT2D eigenvalue weighted by Crippen LogP contribution is -2.14. The first-order valence-electron chi connectivity index (χ1n) is 5.55. The highest BCUT2D eigenvalue weighted by atomic mass is 79.9. The van der Waals surface area contributed by atoms with E-state index >= 15 is 0 Å². The van der Waals surface area contributed by atoms with Gasteiger partial charge in [0.25, 0.3) is 0 Å². The van der Waals surface area contributed by atoms with E-state index in [1.54, 1.807) is 7.11 Å². The Morgan fingerprint density at radius 1 is 1.53 bits per heavy atom. The van der Waals surface area contributed by atoms with Crippen molar-refractivity contribution in [2.75, 3.05) is 7.11 Å². The number of carboxylic acids is 1. The molecule has 0 unspecified atom stereocenters. The Hall–Kier alpha value is -1.03. The van der Waals surface area contributed by atoms with Crippen LogP contribution in [0, 0.1) is 6.92 Å². The fourth-order valence-corrected chi connectivity index (χ4v) is 2.76. The fraction of sp³-hybridized carbons (Fsp3) is 0.462. The van der Waals surface area contributed by atoms with Gasteiger partial charge in [-0.3, -0.25) is 4.79 Å². The first-order valence-corrected chi connectivity index (χ1v) is 6.35. The number of carboxylic acid groups (broad SMARTS) is 1. The van der Waals surface area contributed by atoms with E-state index in [0.29, 0.717) is 0 Å². The summed E-state index contributed by atoms with van der Waals surface area (Å²) in [5.41, 5.74) is 1.89. The molecule has 0 saturated heterocycles. The number of rotatable bonds is 4. The molecule has 1 N–H and O–H groups in total. The van der Waals surface area contributed by atoms with E-state index in [2.05, 4.69) is 15.9 Å². The molecule has 1 aromatic carbocycles. The maximum atomic E-state index is 10.9. The minimum atomic E-state index is -0.749. The lowest BCUT2D eigenvalue weighted by molar-refractivity contribution is -0.137. The van der Waals surface area contributed by atoms with Crippen molar-refractivity contribution in [1.82, 2.24) is 0 Å². The molecule has 0 radical (unpaired) electrons. The van der Waals surface area contributed by atoms with Gasteiger partial charge in [-0.1, -0.05) is 12.1 Å². The molecule has 2 rings (SSSR count). The summed E-state index contributed by atoms with van der Waals surface area (Å²) in [5.74, 6) is 0.0324. The zero-order valence-corrected chi connectivity index (χ0v) is 11.5. The second-order valence-corrected chi connectivity index (χ2v) is 5.42. The van der Waals surface area contributed by atoms with Gasteiger partial charge >= 0.3 is 5.97 Å². The predicted molar refractivity (Wildman–Crippen MR) is 68.6 cm³/mol. The second kappa shape index (κ2) is 4.33. The van der Waals surface area contributed by atoms with Crippen LogP contribution in [0.25, 0.3) is 0 Å². The average Bonchev–Trinajstić information content (AvgIpc) is 3.01. The highest BCUT2D eigenvalue weighted by molar-refractivity contribution is 9.10. The summed E-state index contributed by atoms with van der Waals surface area (Å²) in [6, 6.07) is 4.00. The van der Waals surface area contributed by atoms with E-state index in [4.69, 9.17) is 9.84 Å². The van der Waals surface area contributed by atoms with Crippen molar-refractivity contribution in [3.8, 4) is 5.75 Å². The van der Waals surface area contributed by atoms with Crippen LogP contribution in [0.2, 0.25) is 0 Å². The van der Waals surface area contributed by atoms with Gasteiger partial charge in [-0.2, -0.15) is 0 Å². The quantitative estimate of drug-likeness (QED) is 0.928. The molecule has 0 atom stereocenters. The fourth-order valence-electron chi connectivity index (χ4n) is 2.25. The molecule has 0 aromatic heterocycles. The number of hydrogen-bond acceptors (Lipinski definition) is 2. The number of halogens is 1. The lowest BCUT2D eigenvalue weighted by atomic mass is 9.91.